The molecule has 0 unspecified atom stereocenters. The van der Waals surface area contributed by atoms with E-state index in [0.29, 0.717) is 38.7 Å². The Morgan fingerprint density at radius 1 is 1.11 bits per heavy atom. The monoisotopic (exact) mass is 271 g/mol. The highest BCUT2D eigenvalue weighted by Crippen LogP contribution is 2.17. The van der Waals surface area contributed by atoms with Gasteiger partial charge in [0, 0.05) is 32.7 Å². The van der Waals surface area contributed by atoms with Crippen molar-refractivity contribution in [2.45, 2.75) is 38.1 Å². The van der Waals surface area contributed by atoms with Gasteiger partial charge in [0.25, 0.3) is 0 Å². The van der Waals surface area contributed by atoms with Gasteiger partial charge in [-0.1, -0.05) is 12.8 Å². The zero-order valence-corrected chi connectivity index (χ0v) is 11.7. The van der Waals surface area contributed by atoms with E-state index in [-0.39, 0.29) is 11.8 Å². The van der Waals surface area contributed by atoms with Crippen LogP contribution < -0.4 is 16.0 Å². The van der Waals surface area contributed by atoms with Crippen molar-refractivity contribution in [3.05, 3.63) is 0 Å². The topological polar surface area (TPSA) is 79.5 Å². The molecule has 0 aromatic carbocycles. The van der Waals surface area contributed by atoms with E-state index < -0.39 is 0 Å². The number of hydrogen-bond acceptors (Lipinski definition) is 4. The molecule has 6 nitrogen and oxygen atoms in total. The van der Waals surface area contributed by atoms with Crippen LogP contribution in [0.5, 0.6) is 0 Å². The first-order valence-electron chi connectivity index (χ1n) is 6.98. The van der Waals surface area contributed by atoms with Crippen LogP contribution in [0.2, 0.25) is 0 Å². The molecule has 19 heavy (non-hydrogen) atoms. The van der Waals surface area contributed by atoms with Crippen LogP contribution >= 0.6 is 0 Å². The molecule has 1 aliphatic rings. The minimum Gasteiger partial charge on any atom is -0.383 e. The highest BCUT2D eigenvalue weighted by molar-refractivity contribution is 5.80. The van der Waals surface area contributed by atoms with Crippen molar-refractivity contribution in [3.63, 3.8) is 0 Å². The molecule has 1 saturated carbocycles. The maximum absolute atomic E-state index is 11.5. The summed E-state index contributed by atoms with van der Waals surface area (Å²) in [5.74, 6) is -0.113. The van der Waals surface area contributed by atoms with Crippen LogP contribution in [0.15, 0.2) is 0 Å². The second-order valence-corrected chi connectivity index (χ2v) is 4.80. The number of nitrogens with one attached hydrogen (secondary N) is 3. The molecule has 110 valence electrons. The molecular formula is C13H25N3O3. The van der Waals surface area contributed by atoms with E-state index in [1.54, 1.807) is 7.11 Å². The largest absolute Gasteiger partial charge is 0.383 e. The summed E-state index contributed by atoms with van der Waals surface area (Å²) in [5.41, 5.74) is 0. The number of ether oxygens (including phenoxy) is 1. The Hall–Kier alpha value is -1.14. The summed E-state index contributed by atoms with van der Waals surface area (Å²) in [6, 6.07) is 0.489. The fraction of sp³-hybridized carbons (Fsp3) is 0.846. The molecule has 1 fully saturated rings. The Labute approximate surface area is 114 Å². The van der Waals surface area contributed by atoms with Crippen LogP contribution in [0.4, 0.5) is 0 Å². The van der Waals surface area contributed by atoms with Crippen molar-refractivity contribution in [2.24, 2.45) is 0 Å². The minimum atomic E-state index is -0.0684. The van der Waals surface area contributed by atoms with Crippen LogP contribution in [0, 0.1) is 0 Å². The summed E-state index contributed by atoms with van der Waals surface area (Å²) >= 11 is 0. The van der Waals surface area contributed by atoms with Gasteiger partial charge in [0.05, 0.1) is 13.2 Å². The van der Waals surface area contributed by atoms with E-state index >= 15 is 0 Å². The predicted molar refractivity (Wildman–Crippen MR) is 72.8 cm³/mol. The summed E-state index contributed by atoms with van der Waals surface area (Å²) in [5, 5.41) is 8.67. The van der Waals surface area contributed by atoms with Gasteiger partial charge in [-0.2, -0.15) is 0 Å². The lowest BCUT2D eigenvalue weighted by Gasteiger charge is -2.11. The zero-order valence-electron chi connectivity index (χ0n) is 11.7. The third-order valence-electron chi connectivity index (χ3n) is 3.21. The van der Waals surface area contributed by atoms with Crippen molar-refractivity contribution >= 4 is 11.8 Å². The molecule has 0 radical (unpaired) electrons. The first-order valence-corrected chi connectivity index (χ1v) is 6.98. The van der Waals surface area contributed by atoms with Gasteiger partial charge in [-0.15, -0.1) is 0 Å². The van der Waals surface area contributed by atoms with E-state index in [2.05, 4.69) is 16.0 Å². The number of amides is 2. The standard InChI is InChI=1S/C13H25N3O3/c1-19-9-8-15-12(17)6-7-14-13(18)10-16-11-4-2-3-5-11/h11,16H,2-10H2,1H3,(H,14,18)(H,15,17). The van der Waals surface area contributed by atoms with Crippen LogP contribution in [0.1, 0.15) is 32.1 Å². The van der Waals surface area contributed by atoms with Gasteiger partial charge in [-0.3, -0.25) is 9.59 Å². The molecule has 0 bridgehead atoms. The van der Waals surface area contributed by atoms with Crippen molar-refractivity contribution < 1.29 is 14.3 Å². The van der Waals surface area contributed by atoms with E-state index in [9.17, 15) is 9.59 Å². The van der Waals surface area contributed by atoms with Gasteiger partial charge in [0.15, 0.2) is 0 Å². The van der Waals surface area contributed by atoms with Crippen molar-refractivity contribution in [1.29, 1.82) is 0 Å². The number of carbonyl (C=O) groups excluding carboxylic acids is 2. The van der Waals surface area contributed by atoms with Crippen LogP contribution in [0.3, 0.4) is 0 Å². The summed E-state index contributed by atoms with van der Waals surface area (Å²) in [7, 11) is 1.59. The van der Waals surface area contributed by atoms with Gasteiger partial charge in [0.2, 0.25) is 11.8 Å². The predicted octanol–water partition coefficient (Wildman–Crippen LogP) is -0.212. The van der Waals surface area contributed by atoms with Crippen LogP contribution in [0.25, 0.3) is 0 Å². The van der Waals surface area contributed by atoms with Crippen molar-refractivity contribution in [1.82, 2.24) is 16.0 Å². The van der Waals surface area contributed by atoms with Crippen molar-refractivity contribution in [3.8, 4) is 0 Å². The van der Waals surface area contributed by atoms with Crippen LogP contribution in [-0.2, 0) is 14.3 Å². The normalized spacial score (nSPS) is 15.4. The van der Waals surface area contributed by atoms with E-state index in [0.717, 1.165) is 12.8 Å². The average molecular weight is 271 g/mol. The molecule has 0 heterocycles. The number of rotatable bonds is 9. The van der Waals surface area contributed by atoms with Gasteiger partial charge in [-0.25, -0.2) is 0 Å². The summed E-state index contributed by atoms with van der Waals surface area (Å²) in [6.45, 7) is 1.73. The van der Waals surface area contributed by atoms with Crippen molar-refractivity contribution in [2.75, 3.05) is 33.4 Å². The molecule has 0 saturated heterocycles. The molecular weight excluding hydrogens is 246 g/mol. The van der Waals surface area contributed by atoms with E-state index in [1.165, 1.54) is 12.8 Å². The molecule has 0 aromatic heterocycles. The Balaban J connectivity index is 1.95. The molecule has 1 rings (SSSR count). The highest BCUT2D eigenvalue weighted by atomic mass is 16.5. The first kappa shape index (κ1) is 15.9. The van der Waals surface area contributed by atoms with E-state index in [4.69, 9.17) is 4.74 Å². The van der Waals surface area contributed by atoms with Gasteiger partial charge >= 0.3 is 0 Å². The Morgan fingerprint density at radius 2 is 1.79 bits per heavy atom. The number of carbonyl (C=O) groups is 2. The number of hydrogen-bond donors (Lipinski definition) is 3. The van der Waals surface area contributed by atoms with Gasteiger partial charge < -0.3 is 20.7 Å². The molecule has 3 N–H and O–H groups in total. The molecule has 6 heteroatoms. The Bertz CT molecular complexity index is 278. The smallest absolute Gasteiger partial charge is 0.233 e. The maximum Gasteiger partial charge on any atom is 0.233 e. The fourth-order valence-corrected chi connectivity index (χ4v) is 2.13. The summed E-state index contributed by atoms with van der Waals surface area (Å²) in [4.78, 5) is 22.8. The SMILES string of the molecule is COCCNC(=O)CCNC(=O)CNC1CCCC1. The lowest BCUT2D eigenvalue weighted by molar-refractivity contribution is -0.122. The first-order chi connectivity index (χ1) is 9.22. The quantitative estimate of drug-likeness (QED) is 0.507. The average Bonchev–Trinajstić information content (AvgIpc) is 2.90. The third kappa shape index (κ3) is 7.79. The highest BCUT2D eigenvalue weighted by Gasteiger charge is 2.15. The second-order valence-electron chi connectivity index (χ2n) is 4.80. The summed E-state index contributed by atoms with van der Waals surface area (Å²) in [6.07, 6.45) is 5.13. The number of methoxy groups -OCH3 is 1. The lowest BCUT2D eigenvalue weighted by atomic mass is 10.2. The fourth-order valence-electron chi connectivity index (χ4n) is 2.13. The third-order valence-corrected chi connectivity index (χ3v) is 3.21. The van der Waals surface area contributed by atoms with Crippen LogP contribution in [-0.4, -0.2) is 51.2 Å². The summed E-state index contributed by atoms with van der Waals surface area (Å²) < 4.78 is 4.82. The van der Waals surface area contributed by atoms with E-state index in [1.807, 2.05) is 0 Å². The molecule has 1 aliphatic carbocycles. The molecule has 0 spiro atoms. The van der Waals surface area contributed by atoms with Gasteiger partial charge in [0.1, 0.15) is 0 Å². The maximum atomic E-state index is 11.5. The Kier molecular flexibility index (Phi) is 8.16. The Morgan fingerprint density at radius 3 is 2.47 bits per heavy atom. The lowest BCUT2D eigenvalue weighted by Crippen LogP contribution is -2.39. The molecule has 2 amide bonds. The molecule has 0 aliphatic heterocycles. The second kappa shape index (κ2) is 9.75. The van der Waals surface area contributed by atoms with Gasteiger partial charge in [-0.05, 0) is 12.8 Å². The molecule has 0 aromatic rings. The minimum absolute atomic E-state index is 0.0448. The molecule has 0 atom stereocenters. The zero-order chi connectivity index (χ0) is 13.9.